The number of amides is 2. The van der Waals surface area contributed by atoms with Crippen molar-refractivity contribution in [1.29, 1.82) is 5.41 Å². The molecule has 0 bridgehead atoms. The van der Waals surface area contributed by atoms with E-state index in [-0.39, 0.29) is 5.82 Å². The van der Waals surface area contributed by atoms with E-state index in [4.69, 9.17) is 5.41 Å². The van der Waals surface area contributed by atoms with Gasteiger partial charge in [0.2, 0.25) is 0 Å². The Labute approximate surface area is 187 Å². The molecule has 160 valence electrons. The number of urea groups is 1. The third kappa shape index (κ3) is 4.79. The number of aryl methyl sites for hydroxylation is 1. The van der Waals surface area contributed by atoms with E-state index >= 15 is 0 Å². The standard InChI is InChI=1S/C23H19FN6OS/c1-14-11-15(4-5-18(14)24)21-22(29-19(28-21)3-2-8-25)16-6-9-26-20(12-16)30-23(31)27-17-7-10-32-13-17/h2-13,25H,1H3,(H,28,29)(H2,26,27,30,31)/b3-2-,25-8?. The number of benzene rings is 1. The zero-order valence-electron chi connectivity index (χ0n) is 17.0. The number of hydrogen-bond acceptors (Lipinski definition) is 5. The molecule has 7 nitrogen and oxygen atoms in total. The smallest absolute Gasteiger partial charge is 0.324 e. The number of rotatable bonds is 6. The maximum absolute atomic E-state index is 13.8. The minimum atomic E-state index is -0.401. The van der Waals surface area contributed by atoms with Crippen molar-refractivity contribution in [3.8, 4) is 22.5 Å². The second-order valence-corrected chi connectivity index (χ2v) is 7.64. The average molecular weight is 447 g/mol. The fourth-order valence-corrected chi connectivity index (χ4v) is 3.68. The lowest BCUT2D eigenvalue weighted by molar-refractivity contribution is 0.262. The summed E-state index contributed by atoms with van der Waals surface area (Å²) in [5.41, 5.74) is 4.00. The number of nitrogens with one attached hydrogen (secondary N) is 4. The molecule has 0 fully saturated rings. The molecule has 3 aromatic heterocycles. The molecule has 4 aromatic rings. The van der Waals surface area contributed by atoms with E-state index in [1.54, 1.807) is 55.6 Å². The molecule has 3 heterocycles. The van der Waals surface area contributed by atoms with Gasteiger partial charge in [0.1, 0.15) is 17.5 Å². The number of nitrogens with zero attached hydrogens (tertiary/aromatic N) is 2. The lowest BCUT2D eigenvalue weighted by atomic mass is 10.0. The van der Waals surface area contributed by atoms with Crippen molar-refractivity contribution < 1.29 is 9.18 Å². The van der Waals surface area contributed by atoms with Crippen LogP contribution in [0.3, 0.4) is 0 Å². The SMILES string of the molecule is Cc1cc(-c2nc(/C=C\C=N)[nH]c2-c2ccnc(NC(=O)Nc3ccsc3)c2)ccc1F. The molecule has 0 atom stereocenters. The van der Waals surface area contributed by atoms with Gasteiger partial charge >= 0.3 is 6.03 Å². The van der Waals surface area contributed by atoms with Gasteiger partial charge in [0.25, 0.3) is 0 Å². The lowest BCUT2D eigenvalue weighted by Gasteiger charge is -2.08. The van der Waals surface area contributed by atoms with Crippen LogP contribution >= 0.6 is 11.3 Å². The number of pyridine rings is 1. The summed E-state index contributed by atoms with van der Waals surface area (Å²) < 4.78 is 13.8. The number of halogens is 1. The first kappa shape index (κ1) is 21.1. The van der Waals surface area contributed by atoms with Crippen molar-refractivity contribution in [2.75, 3.05) is 10.6 Å². The van der Waals surface area contributed by atoms with E-state index in [1.165, 1.54) is 17.4 Å². The van der Waals surface area contributed by atoms with E-state index in [2.05, 4.69) is 25.6 Å². The van der Waals surface area contributed by atoms with E-state index in [0.29, 0.717) is 34.3 Å². The number of H-pyrrole nitrogens is 1. The predicted molar refractivity (Wildman–Crippen MR) is 127 cm³/mol. The first-order valence-corrected chi connectivity index (χ1v) is 10.6. The molecule has 0 aliphatic heterocycles. The Morgan fingerprint density at radius 2 is 2.06 bits per heavy atom. The molecule has 0 saturated heterocycles. The van der Waals surface area contributed by atoms with Crippen LogP contribution in [0.15, 0.2) is 59.4 Å². The zero-order chi connectivity index (χ0) is 22.5. The van der Waals surface area contributed by atoms with Gasteiger partial charge in [0.05, 0.1) is 17.1 Å². The molecule has 0 radical (unpaired) electrons. The molecule has 1 aromatic carbocycles. The molecular weight excluding hydrogens is 427 g/mol. The zero-order valence-corrected chi connectivity index (χ0v) is 17.8. The molecule has 9 heteroatoms. The number of anilines is 2. The Hall–Kier alpha value is -4.11. The van der Waals surface area contributed by atoms with Gasteiger partial charge < -0.3 is 15.7 Å². The van der Waals surface area contributed by atoms with Crippen molar-refractivity contribution in [1.82, 2.24) is 15.0 Å². The van der Waals surface area contributed by atoms with Crippen LogP contribution in [0, 0.1) is 18.2 Å². The fourth-order valence-electron chi connectivity index (χ4n) is 3.09. The molecule has 2 amide bonds. The van der Waals surface area contributed by atoms with Crippen LogP contribution in [-0.4, -0.2) is 27.2 Å². The number of carbonyl (C=O) groups excluding carboxylic acids is 1. The number of aromatic nitrogens is 3. The summed E-state index contributed by atoms with van der Waals surface area (Å²) in [5, 5.41) is 16.4. The van der Waals surface area contributed by atoms with Gasteiger partial charge in [0.15, 0.2) is 0 Å². The second-order valence-electron chi connectivity index (χ2n) is 6.86. The van der Waals surface area contributed by atoms with Gasteiger partial charge in [-0.15, -0.1) is 0 Å². The highest BCUT2D eigenvalue weighted by molar-refractivity contribution is 7.08. The number of imidazole rings is 1. The van der Waals surface area contributed by atoms with E-state index in [9.17, 15) is 9.18 Å². The largest absolute Gasteiger partial charge is 0.338 e. The lowest BCUT2D eigenvalue weighted by Crippen LogP contribution is -2.19. The Morgan fingerprint density at radius 1 is 1.19 bits per heavy atom. The van der Waals surface area contributed by atoms with Gasteiger partial charge in [-0.2, -0.15) is 11.3 Å². The van der Waals surface area contributed by atoms with Gasteiger partial charge in [-0.05, 0) is 66.4 Å². The van der Waals surface area contributed by atoms with Gasteiger partial charge in [-0.3, -0.25) is 5.32 Å². The van der Waals surface area contributed by atoms with Crippen LogP contribution < -0.4 is 10.6 Å². The summed E-state index contributed by atoms with van der Waals surface area (Å²) in [6, 6.07) is 9.73. The first-order valence-electron chi connectivity index (χ1n) is 9.64. The maximum atomic E-state index is 13.8. The summed E-state index contributed by atoms with van der Waals surface area (Å²) in [5.74, 6) is 0.617. The van der Waals surface area contributed by atoms with E-state index in [1.807, 2.05) is 10.8 Å². The maximum Gasteiger partial charge on any atom is 0.324 e. The van der Waals surface area contributed by atoms with Crippen molar-refractivity contribution >= 4 is 41.2 Å². The number of thiophene rings is 1. The van der Waals surface area contributed by atoms with Crippen molar-refractivity contribution in [2.24, 2.45) is 0 Å². The molecule has 0 aliphatic rings. The van der Waals surface area contributed by atoms with Crippen LogP contribution in [0.4, 0.5) is 20.7 Å². The Kier molecular flexibility index (Phi) is 6.18. The number of carbonyl (C=O) groups is 1. The minimum absolute atomic E-state index is 0.290. The van der Waals surface area contributed by atoms with Gasteiger partial charge in [-0.25, -0.2) is 19.2 Å². The highest BCUT2D eigenvalue weighted by Gasteiger charge is 2.15. The normalized spacial score (nSPS) is 10.9. The van der Waals surface area contributed by atoms with Crippen LogP contribution in [0.1, 0.15) is 11.4 Å². The van der Waals surface area contributed by atoms with Crippen LogP contribution in [-0.2, 0) is 0 Å². The minimum Gasteiger partial charge on any atom is -0.338 e. The Bertz CT molecular complexity index is 1300. The molecule has 4 rings (SSSR count). The topological polar surface area (TPSA) is 107 Å². The Balaban J connectivity index is 1.68. The molecule has 32 heavy (non-hydrogen) atoms. The van der Waals surface area contributed by atoms with Gasteiger partial charge in [-0.1, -0.05) is 0 Å². The highest BCUT2D eigenvalue weighted by atomic mass is 32.1. The van der Waals surface area contributed by atoms with E-state index in [0.717, 1.165) is 17.3 Å². The summed E-state index contributed by atoms with van der Waals surface area (Å²) in [7, 11) is 0. The predicted octanol–water partition coefficient (Wildman–Crippen LogP) is 5.95. The van der Waals surface area contributed by atoms with Crippen molar-refractivity contribution in [3.05, 3.63) is 76.6 Å². The number of allylic oxidation sites excluding steroid dienone is 1. The van der Waals surface area contributed by atoms with E-state index < -0.39 is 6.03 Å². The monoisotopic (exact) mass is 446 g/mol. The molecule has 0 unspecified atom stereocenters. The second kappa shape index (κ2) is 9.36. The summed E-state index contributed by atoms with van der Waals surface area (Å²) in [6.07, 6.45) is 5.97. The molecule has 0 aliphatic carbocycles. The third-order valence-corrected chi connectivity index (χ3v) is 5.26. The average Bonchev–Trinajstić information content (AvgIpc) is 3.44. The van der Waals surface area contributed by atoms with Crippen LogP contribution in [0.2, 0.25) is 0 Å². The molecule has 4 N–H and O–H groups in total. The van der Waals surface area contributed by atoms with Crippen molar-refractivity contribution in [2.45, 2.75) is 6.92 Å². The first-order chi connectivity index (χ1) is 15.5. The summed E-state index contributed by atoms with van der Waals surface area (Å²) >= 11 is 1.48. The quantitative estimate of drug-likeness (QED) is 0.275. The fraction of sp³-hybridized carbons (Fsp3) is 0.0435. The molecule has 0 spiro atoms. The highest BCUT2D eigenvalue weighted by Crippen LogP contribution is 2.32. The summed E-state index contributed by atoms with van der Waals surface area (Å²) in [6.45, 7) is 1.70. The molecule has 0 saturated carbocycles. The number of hydrogen-bond donors (Lipinski definition) is 4. The third-order valence-electron chi connectivity index (χ3n) is 4.57. The molecular formula is C23H19FN6OS. The van der Waals surface area contributed by atoms with Crippen LogP contribution in [0.5, 0.6) is 0 Å². The number of aromatic amines is 1. The van der Waals surface area contributed by atoms with Gasteiger partial charge in [0, 0.05) is 28.9 Å². The van der Waals surface area contributed by atoms with Crippen LogP contribution in [0.25, 0.3) is 28.6 Å². The summed E-state index contributed by atoms with van der Waals surface area (Å²) in [4.78, 5) is 24.3. The Morgan fingerprint density at radius 3 is 2.81 bits per heavy atom. The van der Waals surface area contributed by atoms with Crippen molar-refractivity contribution in [3.63, 3.8) is 0 Å².